The quantitative estimate of drug-likeness (QED) is 0.852. The fourth-order valence-corrected chi connectivity index (χ4v) is 2.41. The van der Waals surface area contributed by atoms with Gasteiger partial charge < -0.3 is 5.73 Å². The van der Waals surface area contributed by atoms with E-state index in [4.69, 9.17) is 5.73 Å². The molecule has 0 aliphatic carbocycles. The van der Waals surface area contributed by atoms with Crippen molar-refractivity contribution in [3.8, 4) is 0 Å². The molecular weight excluding hydrogens is 256 g/mol. The van der Waals surface area contributed by atoms with Crippen molar-refractivity contribution in [2.75, 3.05) is 5.73 Å². The molecule has 0 saturated carbocycles. The van der Waals surface area contributed by atoms with Crippen LogP contribution in [0.5, 0.6) is 0 Å². The van der Waals surface area contributed by atoms with Gasteiger partial charge >= 0.3 is 0 Å². The summed E-state index contributed by atoms with van der Waals surface area (Å²) >= 11 is 1.29. The lowest BCUT2D eigenvalue weighted by Gasteiger charge is -2.20. The predicted molar refractivity (Wildman–Crippen MR) is 79.8 cm³/mol. The molecule has 2 aromatic rings. The van der Waals surface area contributed by atoms with Crippen LogP contribution in [0.3, 0.4) is 0 Å². The van der Waals surface area contributed by atoms with Crippen LogP contribution in [0.4, 0.5) is 5.13 Å². The van der Waals surface area contributed by atoms with Gasteiger partial charge in [-0.25, -0.2) is 4.98 Å². The summed E-state index contributed by atoms with van der Waals surface area (Å²) in [5.41, 5.74) is 8.84. The van der Waals surface area contributed by atoms with Crippen molar-refractivity contribution in [2.45, 2.75) is 33.1 Å². The van der Waals surface area contributed by atoms with E-state index in [1.807, 2.05) is 19.1 Å². The lowest BCUT2D eigenvalue weighted by Crippen LogP contribution is -2.13. The maximum atomic E-state index is 12.4. The minimum Gasteiger partial charge on any atom is -0.375 e. The summed E-state index contributed by atoms with van der Waals surface area (Å²) in [6, 6.07) is 6.03. The Morgan fingerprint density at radius 3 is 2.53 bits per heavy atom. The number of nitrogens with two attached hydrogens (primary N) is 1. The van der Waals surface area contributed by atoms with Crippen molar-refractivity contribution >= 4 is 22.3 Å². The molecule has 19 heavy (non-hydrogen) atoms. The summed E-state index contributed by atoms with van der Waals surface area (Å²) in [5, 5.41) is 2.13. The van der Waals surface area contributed by atoms with Crippen molar-refractivity contribution in [3.63, 3.8) is 0 Å². The van der Waals surface area contributed by atoms with Gasteiger partial charge in [0, 0.05) is 10.9 Å². The van der Waals surface area contributed by atoms with Crippen molar-refractivity contribution in [1.29, 1.82) is 0 Å². The maximum absolute atomic E-state index is 12.4. The number of carbonyl (C=O) groups excluding carboxylic acids is 1. The number of aromatic nitrogens is 1. The van der Waals surface area contributed by atoms with Crippen molar-refractivity contribution in [2.24, 2.45) is 0 Å². The van der Waals surface area contributed by atoms with Gasteiger partial charge in [0.2, 0.25) is 5.78 Å². The number of nitrogens with zero attached hydrogens (tertiary/aromatic N) is 1. The highest BCUT2D eigenvalue weighted by molar-refractivity contribution is 7.13. The second-order valence-electron chi connectivity index (χ2n) is 5.68. The van der Waals surface area contributed by atoms with E-state index in [1.54, 1.807) is 5.38 Å². The van der Waals surface area contributed by atoms with E-state index >= 15 is 0 Å². The molecular formula is C15H18N2OS. The number of hydrogen-bond acceptors (Lipinski definition) is 4. The molecule has 0 radical (unpaired) electrons. The molecule has 2 N–H and O–H groups in total. The van der Waals surface area contributed by atoms with Crippen LogP contribution >= 0.6 is 11.3 Å². The molecule has 100 valence electrons. The fraction of sp³-hybridized carbons (Fsp3) is 0.333. The largest absolute Gasteiger partial charge is 0.375 e. The molecule has 4 heteroatoms. The summed E-state index contributed by atoms with van der Waals surface area (Å²) in [6.45, 7) is 8.33. The van der Waals surface area contributed by atoms with Crippen molar-refractivity contribution in [3.05, 3.63) is 46.0 Å². The van der Waals surface area contributed by atoms with Crippen LogP contribution in [0.15, 0.2) is 23.6 Å². The van der Waals surface area contributed by atoms with Crippen LogP contribution in [-0.4, -0.2) is 10.8 Å². The first kappa shape index (κ1) is 13.7. The monoisotopic (exact) mass is 274 g/mol. The minimum absolute atomic E-state index is 0.0177. The number of thiazole rings is 1. The Labute approximate surface area is 117 Å². The van der Waals surface area contributed by atoms with Crippen LogP contribution in [0, 0.1) is 6.92 Å². The number of aryl methyl sites for hydroxylation is 1. The molecule has 0 atom stereocenters. The highest BCUT2D eigenvalue weighted by Crippen LogP contribution is 2.26. The molecule has 0 unspecified atom stereocenters. The predicted octanol–water partition coefficient (Wildman–Crippen LogP) is 3.56. The molecule has 1 heterocycles. The van der Waals surface area contributed by atoms with E-state index in [1.165, 1.54) is 11.3 Å². The van der Waals surface area contributed by atoms with E-state index in [-0.39, 0.29) is 11.2 Å². The number of ketones is 1. The van der Waals surface area contributed by atoms with Gasteiger partial charge in [-0.2, -0.15) is 0 Å². The zero-order chi connectivity index (χ0) is 14.2. The molecule has 0 aliphatic heterocycles. The molecule has 0 bridgehead atoms. The lowest BCUT2D eigenvalue weighted by atomic mass is 9.84. The Bertz CT molecular complexity index is 623. The smallest absolute Gasteiger partial charge is 0.212 e. The van der Waals surface area contributed by atoms with Crippen LogP contribution in [0.1, 0.15) is 48.0 Å². The van der Waals surface area contributed by atoms with Gasteiger partial charge in [0.15, 0.2) is 5.13 Å². The van der Waals surface area contributed by atoms with Gasteiger partial charge in [-0.05, 0) is 29.5 Å². The van der Waals surface area contributed by atoms with E-state index in [2.05, 4.69) is 31.8 Å². The average molecular weight is 274 g/mol. The first-order valence-electron chi connectivity index (χ1n) is 6.16. The summed E-state index contributed by atoms with van der Waals surface area (Å²) in [7, 11) is 0. The Morgan fingerprint density at radius 2 is 2.00 bits per heavy atom. The highest BCUT2D eigenvalue weighted by atomic mass is 32.1. The summed E-state index contributed by atoms with van der Waals surface area (Å²) in [5.74, 6) is -0.0587. The van der Waals surface area contributed by atoms with E-state index in [9.17, 15) is 4.79 Å². The second-order valence-corrected chi connectivity index (χ2v) is 6.57. The number of rotatable bonds is 2. The second kappa shape index (κ2) is 4.78. The zero-order valence-electron chi connectivity index (χ0n) is 11.7. The minimum atomic E-state index is -0.0587. The topological polar surface area (TPSA) is 56.0 Å². The third-order valence-corrected chi connectivity index (χ3v) is 3.78. The van der Waals surface area contributed by atoms with Crippen LogP contribution in [-0.2, 0) is 5.41 Å². The summed E-state index contributed by atoms with van der Waals surface area (Å²) in [4.78, 5) is 16.5. The summed E-state index contributed by atoms with van der Waals surface area (Å²) < 4.78 is 0. The van der Waals surface area contributed by atoms with Crippen LogP contribution < -0.4 is 5.73 Å². The van der Waals surface area contributed by atoms with Gasteiger partial charge in [-0.1, -0.05) is 32.9 Å². The van der Waals surface area contributed by atoms with Gasteiger partial charge in [0.05, 0.1) is 0 Å². The van der Waals surface area contributed by atoms with Crippen molar-refractivity contribution < 1.29 is 4.79 Å². The third kappa shape index (κ3) is 2.84. The molecule has 0 spiro atoms. The summed E-state index contributed by atoms with van der Waals surface area (Å²) in [6.07, 6.45) is 0. The van der Waals surface area contributed by atoms with Gasteiger partial charge in [0.1, 0.15) is 5.69 Å². The molecule has 0 amide bonds. The van der Waals surface area contributed by atoms with Crippen LogP contribution in [0.2, 0.25) is 0 Å². The Morgan fingerprint density at radius 1 is 1.32 bits per heavy atom. The van der Waals surface area contributed by atoms with Gasteiger partial charge in [-0.3, -0.25) is 4.79 Å². The van der Waals surface area contributed by atoms with E-state index in [0.29, 0.717) is 16.4 Å². The normalized spacial score (nSPS) is 11.6. The molecule has 1 aromatic heterocycles. The molecule has 2 rings (SSSR count). The zero-order valence-corrected chi connectivity index (χ0v) is 12.5. The number of nitrogen functional groups attached to an aromatic ring is 1. The SMILES string of the molecule is Cc1ccc(C(C)(C)C)cc1C(=O)c1csc(N)n1. The number of carbonyl (C=O) groups is 1. The number of anilines is 1. The number of hydrogen-bond donors (Lipinski definition) is 1. The molecule has 0 aliphatic rings. The number of benzene rings is 1. The van der Waals surface area contributed by atoms with E-state index < -0.39 is 0 Å². The Hall–Kier alpha value is -1.68. The molecule has 0 fully saturated rings. The highest BCUT2D eigenvalue weighted by Gasteiger charge is 2.19. The van der Waals surface area contributed by atoms with Gasteiger partial charge in [-0.15, -0.1) is 11.3 Å². The molecule has 3 nitrogen and oxygen atoms in total. The Kier molecular flexibility index (Phi) is 3.45. The standard InChI is InChI=1S/C15H18N2OS/c1-9-5-6-10(15(2,3)4)7-11(9)13(18)12-8-19-14(16)17-12/h5-8H,1-4H3,(H2,16,17). The van der Waals surface area contributed by atoms with Gasteiger partial charge in [0.25, 0.3) is 0 Å². The lowest BCUT2D eigenvalue weighted by molar-refractivity contribution is 0.103. The van der Waals surface area contributed by atoms with E-state index in [0.717, 1.165) is 11.1 Å². The average Bonchev–Trinajstić information content (AvgIpc) is 2.74. The molecule has 0 saturated heterocycles. The Balaban J connectivity index is 2.47. The first-order chi connectivity index (χ1) is 8.79. The molecule has 1 aromatic carbocycles. The van der Waals surface area contributed by atoms with Crippen molar-refractivity contribution in [1.82, 2.24) is 4.98 Å². The fourth-order valence-electron chi connectivity index (χ4n) is 1.86. The van der Waals surface area contributed by atoms with Crippen LogP contribution in [0.25, 0.3) is 0 Å². The third-order valence-electron chi connectivity index (χ3n) is 3.10. The first-order valence-corrected chi connectivity index (χ1v) is 7.04. The maximum Gasteiger partial charge on any atom is 0.212 e.